The maximum atomic E-state index is 12.2. The molecule has 0 amide bonds. The van der Waals surface area contributed by atoms with Crippen molar-refractivity contribution in [1.29, 1.82) is 0 Å². The lowest BCUT2D eigenvalue weighted by Gasteiger charge is -2.44. The SMILES string of the molecule is CC(=O)OC[C@H]1O[C@@H](c2ccc(Cl)c(Cc3ccc(O)c(C(C)=O)c3)c2)[C@H](OC(C)=O)C(OC(C)=O)[C@@H]1OC(C)=O. The van der Waals surface area contributed by atoms with Gasteiger partial charge in [-0.2, -0.15) is 0 Å². The van der Waals surface area contributed by atoms with E-state index in [4.69, 9.17) is 35.3 Å². The van der Waals surface area contributed by atoms with Crippen molar-refractivity contribution >= 4 is 41.3 Å². The topological polar surface area (TPSA) is 152 Å². The van der Waals surface area contributed by atoms with Gasteiger partial charge in [-0.3, -0.25) is 24.0 Å². The van der Waals surface area contributed by atoms with Crippen molar-refractivity contribution in [1.82, 2.24) is 0 Å². The minimum Gasteiger partial charge on any atom is -0.507 e. The molecule has 0 spiro atoms. The highest BCUT2D eigenvalue weighted by Gasteiger charge is 2.52. The molecule has 0 saturated carbocycles. The summed E-state index contributed by atoms with van der Waals surface area (Å²) in [6.07, 6.45) is -5.75. The average Bonchev–Trinajstić information content (AvgIpc) is 2.86. The Labute approximate surface area is 241 Å². The molecule has 1 aliphatic heterocycles. The summed E-state index contributed by atoms with van der Waals surface area (Å²) in [4.78, 5) is 59.7. The van der Waals surface area contributed by atoms with Crippen LogP contribution in [-0.4, -0.2) is 65.8 Å². The predicted octanol–water partition coefficient (Wildman–Crippen LogP) is 3.64. The molecule has 5 atom stereocenters. The molecule has 41 heavy (non-hydrogen) atoms. The summed E-state index contributed by atoms with van der Waals surface area (Å²) < 4.78 is 27.9. The molecule has 0 aromatic heterocycles. The van der Waals surface area contributed by atoms with Crippen LogP contribution in [-0.2, 0) is 49.3 Å². The Kier molecular flexibility index (Phi) is 10.5. The lowest BCUT2D eigenvalue weighted by Crippen LogP contribution is -2.59. The Morgan fingerprint density at radius 1 is 0.805 bits per heavy atom. The molecule has 0 aliphatic carbocycles. The second kappa shape index (κ2) is 13.6. The fourth-order valence-corrected chi connectivity index (χ4v) is 4.78. The van der Waals surface area contributed by atoms with Gasteiger partial charge in [-0.1, -0.05) is 29.8 Å². The highest BCUT2D eigenvalue weighted by atomic mass is 35.5. The molecule has 1 fully saturated rings. The van der Waals surface area contributed by atoms with Crippen LogP contribution < -0.4 is 0 Å². The lowest BCUT2D eigenvalue weighted by molar-refractivity contribution is -0.254. The summed E-state index contributed by atoms with van der Waals surface area (Å²) in [5.74, 6) is -3.24. The predicted molar refractivity (Wildman–Crippen MR) is 143 cm³/mol. The smallest absolute Gasteiger partial charge is 0.303 e. The first-order valence-electron chi connectivity index (χ1n) is 12.7. The number of phenolic OH excluding ortho intramolecular Hbond substituents is 1. The van der Waals surface area contributed by atoms with Crippen molar-refractivity contribution in [3.63, 3.8) is 0 Å². The van der Waals surface area contributed by atoms with Crippen molar-refractivity contribution in [2.45, 2.75) is 71.6 Å². The second-order valence-corrected chi connectivity index (χ2v) is 9.96. The van der Waals surface area contributed by atoms with E-state index in [-0.39, 0.29) is 30.1 Å². The van der Waals surface area contributed by atoms with E-state index in [1.165, 1.54) is 26.8 Å². The van der Waals surface area contributed by atoms with Gasteiger partial charge in [0.05, 0.1) is 5.56 Å². The summed E-state index contributed by atoms with van der Waals surface area (Å²) in [6, 6.07) is 9.57. The Balaban J connectivity index is 2.08. The summed E-state index contributed by atoms with van der Waals surface area (Å²) in [6.45, 7) is 5.64. The first-order valence-corrected chi connectivity index (χ1v) is 13.1. The van der Waals surface area contributed by atoms with E-state index in [0.717, 1.165) is 13.8 Å². The molecule has 1 aliphatic rings. The van der Waals surface area contributed by atoms with Crippen molar-refractivity contribution in [3.05, 3.63) is 63.7 Å². The zero-order chi connectivity index (χ0) is 30.4. The molecule has 220 valence electrons. The minimum absolute atomic E-state index is 0.140. The number of carbonyl (C=O) groups excluding carboxylic acids is 5. The molecule has 3 rings (SSSR count). The van der Waals surface area contributed by atoms with Crippen molar-refractivity contribution < 1.29 is 52.8 Å². The van der Waals surface area contributed by atoms with Crippen molar-refractivity contribution in [2.75, 3.05) is 6.61 Å². The van der Waals surface area contributed by atoms with Crippen LogP contribution >= 0.6 is 11.6 Å². The summed E-state index contributed by atoms with van der Waals surface area (Å²) >= 11 is 6.50. The molecular formula is C29H31ClO11. The molecule has 11 nitrogen and oxygen atoms in total. The van der Waals surface area contributed by atoms with Crippen LogP contribution in [0.15, 0.2) is 36.4 Å². The minimum atomic E-state index is -1.31. The maximum Gasteiger partial charge on any atom is 0.303 e. The molecule has 0 radical (unpaired) electrons. The molecule has 12 heteroatoms. The number of Topliss-reactive ketones (excluding diaryl/α,β-unsaturated/α-hetero) is 1. The van der Waals surface area contributed by atoms with Gasteiger partial charge >= 0.3 is 23.9 Å². The number of halogens is 1. The summed E-state index contributed by atoms with van der Waals surface area (Å²) in [5, 5.41) is 10.4. The van der Waals surface area contributed by atoms with Crippen LogP contribution in [0.25, 0.3) is 0 Å². The monoisotopic (exact) mass is 590 g/mol. The highest BCUT2D eigenvalue weighted by Crippen LogP contribution is 2.39. The summed E-state index contributed by atoms with van der Waals surface area (Å²) in [7, 11) is 0. The second-order valence-electron chi connectivity index (χ2n) is 9.56. The van der Waals surface area contributed by atoms with Crippen LogP contribution in [0.3, 0.4) is 0 Å². The Bertz CT molecular complexity index is 1340. The molecular weight excluding hydrogens is 560 g/mol. The Morgan fingerprint density at radius 2 is 1.41 bits per heavy atom. The van der Waals surface area contributed by atoms with E-state index in [9.17, 15) is 29.1 Å². The maximum absolute atomic E-state index is 12.2. The van der Waals surface area contributed by atoms with Gasteiger partial charge in [0, 0.05) is 32.7 Å². The van der Waals surface area contributed by atoms with Gasteiger partial charge in [0.1, 0.15) is 24.6 Å². The van der Waals surface area contributed by atoms with E-state index < -0.39 is 54.4 Å². The van der Waals surface area contributed by atoms with Gasteiger partial charge in [0.15, 0.2) is 24.1 Å². The van der Waals surface area contributed by atoms with Crippen molar-refractivity contribution in [2.24, 2.45) is 0 Å². The van der Waals surface area contributed by atoms with Gasteiger partial charge < -0.3 is 28.8 Å². The van der Waals surface area contributed by atoms with Gasteiger partial charge in [-0.15, -0.1) is 0 Å². The molecule has 1 saturated heterocycles. The number of rotatable bonds is 9. The molecule has 0 bridgehead atoms. The third kappa shape index (κ3) is 8.27. The summed E-state index contributed by atoms with van der Waals surface area (Å²) in [5.41, 5.74) is 1.92. The number of carbonyl (C=O) groups is 5. The quantitative estimate of drug-likeness (QED) is 0.259. The Hall–Kier alpha value is -3.96. The number of phenols is 1. The highest BCUT2D eigenvalue weighted by molar-refractivity contribution is 6.31. The van der Waals surface area contributed by atoms with E-state index in [1.807, 2.05) is 0 Å². The average molecular weight is 591 g/mol. The normalized spacial score (nSPS) is 21.9. The van der Waals surface area contributed by atoms with Gasteiger partial charge in [0.2, 0.25) is 0 Å². The number of ether oxygens (including phenoxy) is 5. The van der Waals surface area contributed by atoms with E-state index in [0.29, 0.717) is 21.7 Å². The lowest BCUT2D eigenvalue weighted by atomic mass is 9.89. The molecule has 2 aromatic carbocycles. The molecule has 1 N–H and O–H groups in total. The third-order valence-electron chi connectivity index (χ3n) is 6.22. The molecule has 2 aromatic rings. The Morgan fingerprint density at radius 3 is 2.00 bits per heavy atom. The standard InChI is InChI=1S/C29H31ClO11/c1-14(31)22-11-19(6-9-24(22)36)10-21-12-20(7-8-23(21)30)26-28(39-17(4)34)29(40-18(5)35)27(38-16(3)33)25(41-26)13-37-15(2)32/h6-9,11-12,25-29,36H,10,13H2,1-5H3/t25-,26+,27-,28+,29?/m1/s1. The van der Waals surface area contributed by atoms with Gasteiger partial charge in [-0.05, 0) is 48.2 Å². The number of aromatic hydroxyl groups is 1. The fourth-order valence-electron chi connectivity index (χ4n) is 4.60. The van der Waals surface area contributed by atoms with Crippen LogP contribution in [0.1, 0.15) is 67.8 Å². The molecule has 1 unspecified atom stereocenters. The first kappa shape index (κ1) is 31.6. The van der Waals surface area contributed by atoms with Crippen molar-refractivity contribution in [3.8, 4) is 5.75 Å². The number of hydrogen-bond donors (Lipinski definition) is 1. The number of ketones is 1. The zero-order valence-corrected chi connectivity index (χ0v) is 23.9. The first-order chi connectivity index (χ1) is 19.3. The largest absolute Gasteiger partial charge is 0.507 e. The van der Waals surface area contributed by atoms with Crippen LogP contribution in [0.5, 0.6) is 5.75 Å². The van der Waals surface area contributed by atoms with Gasteiger partial charge in [-0.25, -0.2) is 0 Å². The van der Waals surface area contributed by atoms with Crippen LogP contribution in [0, 0.1) is 0 Å². The third-order valence-corrected chi connectivity index (χ3v) is 6.59. The number of hydrogen-bond acceptors (Lipinski definition) is 11. The van der Waals surface area contributed by atoms with E-state index >= 15 is 0 Å². The van der Waals surface area contributed by atoms with Crippen LogP contribution in [0.2, 0.25) is 5.02 Å². The number of esters is 4. The zero-order valence-electron chi connectivity index (χ0n) is 23.2. The van der Waals surface area contributed by atoms with Crippen LogP contribution in [0.4, 0.5) is 0 Å². The molecule has 1 heterocycles. The number of benzene rings is 2. The fraction of sp³-hybridized carbons (Fsp3) is 0.414. The van der Waals surface area contributed by atoms with Gasteiger partial charge in [0.25, 0.3) is 0 Å². The van der Waals surface area contributed by atoms with E-state index in [1.54, 1.807) is 30.3 Å². The van der Waals surface area contributed by atoms with E-state index in [2.05, 4.69) is 0 Å².